The van der Waals surface area contributed by atoms with E-state index in [4.69, 9.17) is 5.73 Å². The lowest BCUT2D eigenvalue weighted by atomic mass is 10.1. The standard InChI is InChI=1S/C12H14N2O2/c1-8(15)14-7-9(4-5-13)11-6-10(16)2-3-12(11)14/h2-3,6-7,15-16H,1,4-5,13H2. The topological polar surface area (TPSA) is 71.4 Å². The number of hydrogen-bond donors (Lipinski definition) is 3. The zero-order chi connectivity index (χ0) is 11.7. The zero-order valence-electron chi connectivity index (χ0n) is 8.85. The van der Waals surface area contributed by atoms with Gasteiger partial charge in [0.1, 0.15) is 5.75 Å². The summed E-state index contributed by atoms with van der Waals surface area (Å²) in [5.74, 6) is 0.158. The molecule has 84 valence electrons. The lowest BCUT2D eigenvalue weighted by Gasteiger charge is -2.01. The van der Waals surface area contributed by atoms with Gasteiger partial charge in [0.25, 0.3) is 0 Å². The Morgan fingerprint density at radius 3 is 2.81 bits per heavy atom. The number of rotatable bonds is 3. The van der Waals surface area contributed by atoms with Crippen molar-refractivity contribution in [3.63, 3.8) is 0 Å². The van der Waals surface area contributed by atoms with Crippen LogP contribution in [0, 0.1) is 0 Å². The van der Waals surface area contributed by atoms with Crippen molar-refractivity contribution in [2.24, 2.45) is 5.73 Å². The van der Waals surface area contributed by atoms with Crippen molar-refractivity contribution in [1.29, 1.82) is 0 Å². The molecule has 2 aromatic rings. The molecule has 1 aromatic heterocycles. The van der Waals surface area contributed by atoms with Gasteiger partial charge in [0.2, 0.25) is 0 Å². The maximum absolute atomic E-state index is 9.45. The first-order valence-corrected chi connectivity index (χ1v) is 5.04. The van der Waals surface area contributed by atoms with Gasteiger partial charge in [0.15, 0.2) is 5.88 Å². The van der Waals surface area contributed by atoms with Gasteiger partial charge in [0, 0.05) is 11.6 Å². The largest absolute Gasteiger partial charge is 0.508 e. The number of phenolic OH excluding ortho intramolecular Hbond substituents is 1. The number of hydrogen-bond acceptors (Lipinski definition) is 3. The van der Waals surface area contributed by atoms with Crippen molar-refractivity contribution >= 4 is 16.8 Å². The van der Waals surface area contributed by atoms with Crippen molar-refractivity contribution in [3.05, 3.63) is 36.5 Å². The van der Waals surface area contributed by atoms with Crippen LogP contribution in [-0.2, 0) is 6.42 Å². The predicted octanol–water partition coefficient (Wildman–Crippen LogP) is 1.83. The average Bonchev–Trinajstić information content (AvgIpc) is 2.58. The third-order valence-electron chi connectivity index (χ3n) is 2.56. The van der Waals surface area contributed by atoms with E-state index in [2.05, 4.69) is 6.58 Å². The molecule has 0 atom stereocenters. The van der Waals surface area contributed by atoms with E-state index >= 15 is 0 Å². The molecule has 0 aliphatic heterocycles. The summed E-state index contributed by atoms with van der Waals surface area (Å²) >= 11 is 0. The molecule has 0 fully saturated rings. The molecule has 16 heavy (non-hydrogen) atoms. The Kier molecular flexibility index (Phi) is 2.58. The van der Waals surface area contributed by atoms with Gasteiger partial charge in [-0.1, -0.05) is 0 Å². The van der Waals surface area contributed by atoms with Crippen LogP contribution in [0.1, 0.15) is 5.56 Å². The second kappa shape index (κ2) is 3.90. The molecule has 0 unspecified atom stereocenters. The lowest BCUT2D eigenvalue weighted by molar-refractivity contribution is 0.474. The van der Waals surface area contributed by atoms with Gasteiger partial charge in [-0.2, -0.15) is 0 Å². The van der Waals surface area contributed by atoms with Crippen LogP contribution < -0.4 is 5.73 Å². The van der Waals surface area contributed by atoms with Crippen molar-refractivity contribution in [2.45, 2.75) is 6.42 Å². The van der Waals surface area contributed by atoms with Crippen LogP contribution in [0.15, 0.2) is 31.0 Å². The summed E-state index contributed by atoms with van der Waals surface area (Å²) in [5, 5.41) is 19.8. The minimum atomic E-state index is -0.0426. The predicted molar refractivity (Wildman–Crippen MR) is 64.3 cm³/mol. The highest BCUT2D eigenvalue weighted by molar-refractivity contribution is 5.87. The molecule has 0 spiro atoms. The number of fused-ring (bicyclic) bond motifs is 1. The number of phenols is 1. The number of aromatic nitrogens is 1. The van der Waals surface area contributed by atoms with Crippen LogP contribution >= 0.6 is 0 Å². The molecule has 0 amide bonds. The number of aliphatic hydroxyl groups excluding tert-OH is 1. The highest BCUT2D eigenvalue weighted by Crippen LogP contribution is 2.27. The molecule has 4 heteroatoms. The first-order chi connectivity index (χ1) is 7.63. The van der Waals surface area contributed by atoms with Gasteiger partial charge < -0.3 is 15.9 Å². The van der Waals surface area contributed by atoms with Gasteiger partial charge in [-0.15, -0.1) is 0 Å². The molecular weight excluding hydrogens is 204 g/mol. The van der Waals surface area contributed by atoms with Gasteiger partial charge >= 0.3 is 0 Å². The maximum atomic E-state index is 9.45. The number of aromatic hydroxyl groups is 1. The Morgan fingerprint density at radius 2 is 2.19 bits per heavy atom. The Balaban J connectivity index is 2.71. The molecule has 0 saturated carbocycles. The second-order valence-corrected chi connectivity index (χ2v) is 3.68. The van der Waals surface area contributed by atoms with E-state index in [1.807, 2.05) is 0 Å². The van der Waals surface area contributed by atoms with E-state index in [0.717, 1.165) is 16.5 Å². The Bertz CT molecular complexity index is 543. The average molecular weight is 218 g/mol. The fourth-order valence-corrected chi connectivity index (χ4v) is 1.85. The van der Waals surface area contributed by atoms with Crippen molar-refractivity contribution in [2.75, 3.05) is 6.54 Å². The first-order valence-electron chi connectivity index (χ1n) is 5.04. The summed E-state index contributed by atoms with van der Waals surface area (Å²) < 4.78 is 1.58. The Hall–Kier alpha value is -1.94. The molecule has 0 aliphatic carbocycles. The minimum Gasteiger partial charge on any atom is -0.508 e. The Morgan fingerprint density at radius 1 is 1.44 bits per heavy atom. The zero-order valence-corrected chi connectivity index (χ0v) is 8.85. The van der Waals surface area contributed by atoms with Gasteiger partial charge in [-0.25, -0.2) is 0 Å². The molecular formula is C12H14N2O2. The van der Waals surface area contributed by atoms with E-state index in [9.17, 15) is 10.2 Å². The van der Waals surface area contributed by atoms with E-state index in [-0.39, 0.29) is 11.6 Å². The van der Waals surface area contributed by atoms with Crippen LogP contribution in [0.3, 0.4) is 0 Å². The third-order valence-corrected chi connectivity index (χ3v) is 2.56. The molecule has 4 N–H and O–H groups in total. The number of benzene rings is 1. The second-order valence-electron chi connectivity index (χ2n) is 3.68. The maximum Gasteiger partial charge on any atom is 0.188 e. The quantitative estimate of drug-likeness (QED) is 0.688. The summed E-state index contributed by atoms with van der Waals surface area (Å²) in [6.45, 7) is 4.02. The van der Waals surface area contributed by atoms with E-state index < -0.39 is 0 Å². The van der Waals surface area contributed by atoms with Crippen LogP contribution in [0.4, 0.5) is 0 Å². The van der Waals surface area contributed by atoms with E-state index in [1.54, 1.807) is 29.0 Å². The molecule has 0 saturated heterocycles. The highest BCUT2D eigenvalue weighted by Gasteiger charge is 2.09. The Labute approximate surface area is 93.2 Å². The van der Waals surface area contributed by atoms with E-state index in [1.165, 1.54) is 0 Å². The molecule has 0 bridgehead atoms. The summed E-state index contributed by atoms with van der Waals surface area (Å²) in [5.41, 5.74) is 7.32. The molecule has 4 nitrogen and oxygen atoms in total. The van der Waals surface area contributed by atoms with Crippen molar-refractivity contribution in [1.82, 2.24) is 4.57 Å². The summed E-state index contributed by atoms with van der Waals surface area (Å²) in [6, 6.07) is 4.99. The van der Waals surface area contributed by atoms with Crippen LogP contribution in [0.25, 0.3) is 16.8 Å². The first kappa shape index (κ1) is 10.6. The van der Waals surface area contributed by atoms with Crippen LogP contribution in [-0.4, -0.2) is 21.3 Å². The van der Waals surface area contributed by atoms with Crippen molar-refractivity contribution in [3.8, 4) is 5.75 Å². The fourth-order valence-electron chi connectivity index (χ4n) is 1.85. The SMILES string of the molecule is C=C(O)n1cc(CCN)c2cc(O)ccc21. The summed E-state index contributed by atoms with van der Waals surface area (Å²) in [7, 11) is 0. The monoisotopic (exact) mass is 218 g/mol. The molecule has 1 aromatic carbocycles. The van der Waals surface area contributed by atoms with Gasteiger partial charge in [0.05, 0.1) is 5.52 Å². The summed E-state index contributed by atoms with van der Waals surface area (Å²) in [4.78, 5) is 0. The van der Waals surface area contributed by atoms with E-state index in [0.29, 0.717) is 13.0 Å². The highest BCUT2D eigenvalue weighted by atomic mass is 16.3. The molecule has 0 aliphatic rings. The van der Waals surface area contributed by atoms with Crippen LogP contribution in [0.2, 0.25) is 0 Å². The van der Waals surface area contributed by atoms with Gasteiger partial charge in [-0.3, -0.25) is 4.57 Å². The number of aliphatic hydroxyl groups is 1. The van der Waals surface area contributed by atoms with Crippen molar-refractivity contribution < 1.29 is 10.2 Å². The smallest absolute Gasteiger partial charge is 0.188 e. The molecule has 1 heterocycles. The van der Waals surface area contributed by atoms with Gasteiger partial charge in [-0.05, 0) is 43.3 Å². The lowest BCUT2D eigenvalue weighted by Crippen LogP contribution is -2.02. The van der Waals surface area contributed by atoms with Crippen LogP contribution in [0.5, 0.6) is 5.75 Å². The normalized spacial score (nSPS) is 10.8. The molecule has 2 rings (SSSR count). The minimum absolute atomic E-state index is 0.0426. The summed E-state index contributed by atoms with van der Waals surface area (Å²) in [6.07, 6.45) is 2.49. The molecule has 0 radical (unpaired) electrons. The fraction of sp³-hybridized carbons (Fsp3) is 0.167. The third kappa shape index (κ3) is 1.63. The number of nitrogens with two attached hydrogens (primary N) is 1. The number of nitrogens with zero attached hydrogens (tertiary/aromatic N) is 1.